The lowest BCUT2D eigenvalue weighted by atomic mass is 9.48. The van der Waals surface area contributed by atoms with Gasteiger partial charge >= 0.3 is 5.97 Å². The van der Waals surface area contributed by atoms with Gasteiger partial charge in [0.05, 0.1) is 12.2 Å². The highest BCUT2D eigenvalue weighted by atomic mass is 16.7. The van der Waals surface area contributed by atoms with Gasteiger partial charge in [-0.05, 0) is 133 Å². The van der Waals surface area contributed by atoms with E-state index < -0.39 is 5.79 Å². The molecule has 232 valence electrons. The number of carbonyl (C=O) groups is 1. The topological polar surface area (TPSA) is 54.0 Å². The standard InChI is InChI=1S/C40H42O5/c1-39(2)44-25-35(45-39)24-42-37-13-12-33(19-36(37)40-20-27-14-28(21-40)16-29(15-27)22-40)31-8-9-32-18-34(11-10-30(32)17-31)38(41)43-23-26-6-4-3-5-7-26/h3-13,17-19,27-29,35H,14-16,20-25H2,1-2H3/t27?,28?,29?,35-,40?/m1/s1. The third-order valence-corrected chi connectivity index (χ3v) is 10.7. The van der Waals surface area contributed by atoms with Crippen molar-refractivity contribution in [3.8, 4) is 16.9 Å². The highest BCUT2D eigenvalue weighted by Crippen LogP contribution is 2.62. The van der Waals surface area contributed by atoms with Crippen LogP contribution in [0, 0.1) is 17.8 Å². The van der Waals surface area contributed by atoms with Crippen molar-refractivity contribution in [2.75, 3.05) is 13.2 Å². The van der Waals surface area contributed by atoms with E-state index in [1.165, 1.54) is 55.2 Å². The van der Waals surface area contributed by atoms with Gasteiger partial charge in [-0.1, -0.05) is 54.6 Å². The maximum absolute atomic E-state index is 12.8. The van der Waals surface area contributed by atoms with Gasteiger partial charge in [-0.15, -0.1) is 0 Å². The molecule has 1 aliphatic heterocycles. The highest BCUT2D eigenvalue weighted by molar-refractivity contribution is 5.96. The third-order valence-electron chi connectivity index (χ3n) is 10.7. The molecule has 4 aliphatic carbocycles. The molecule has 4 bridgehead atoms. The molecule has 9 rings (SSSR count). The summed E-state index contributed by atoms with van der Waals surface area (Å²) in [6.07, 6.45) is 7.98. The molecule has 1 saturated heterocycles. The Balaban J connectivity index is 1.07. The van der Waals surface area contributed by atoms with Gasteiger partial charge in [0.1, 0.15) is 25.1 Å². The zero-order valence-corrected chi connectivity index (χ0v) is 26.3. The van der Waals surface area contributed by atoms with Gasteiger partial charge in [-0.3, -0.25) is 0 Å². The Morgan fingerprint density at radius 2 is 1.47 bits per heavy atom. The summed E-state index contributed by atoms with van der Waals surface area (Å²) in [7, 11) is 0. The van der Waals surface area contributed by atoms with Gasteiger partial charge in [0.25, 0.3) is 0 Å². The van der Waals surface area contributed by atoms with E-state index in [1.807, 2.05) is 62.4 Å². The van der Waals surface area contributed by atoms with Crippen molar-refractivity contribution in [1.82, 2.24) is 0 Å². The molecule has 5 fully saturated rings. The fraction of sp³-hybridized carbons (Fsp3) is 0.425. The van der Waals surface area contributed by atoms with Crippen LogP contribution in [0.25, 0.3) is 21.9 Å². The lowest BCUT2D eigenvalue weighted by molar-refractivity contribution is -0.141. The molecule has 5 aliphatic rings. The van der Waals surface area contributed by atoms with Gasteiger partial charge < -0.3 is 18.9 Å². The molecule has 0 radical (unpaired) electrons. The van der Waals surface area contributed by atoms with Gasteiger partial charge in [-0.25, -0.2) is 4.79 Å². The Morgan fingerprint density at radius 1 is 0.800 bits per heavy atom. The second kappa shape index (κ2) is 11.3. The molecular formula is C40H42O5. The fourth-order valence-electron chi connectivity index (χ4n) is 9.08. The summed E-state index contributed by atoms with van der Waals surface area (Å²) in [6, 6.07) is 29.0. The number of hydrogen-bond donors (Lipinski definition) is 0. The SMILES string of the molecule is CC1(C)OC[C@@H](COc2ccc(-c3ccc4cc(C(=O)OCc5ccccc5)ccc4c3)cc2C23CC4CC(CC(C4)C2)C3)O1. The molecule has 45 heavy (non-hydrogen) atoms. The van der Waals surface area contributed by atoms with E-state index in [-0.39, 0.29) is 24.1 Å². The predicted octanol–water partition coefficient (Wildman–Crippen LogP) is 8.86. The quantitative estimate of drug-likeness (QED) is 0.189. The van der Waals surface area contributed by atoms with Gasteiger partial charge in [-0.2, -0.15) is 0 Å². The van der Waals surface area contributed by atoms with Crippen molar-refractivity contribution in [3.63, 3.8) is 0 Å². The number of benzene rings is 4. The lowest BCUT2D eigenvalue weighted by Crippen LogP contribution is -2.48. The van der Waals surface area contributed by atoms with E-state index in [1.54, 1.807) is 0 Å². The molecule has 4 aromatic rings. The smallest absolute Gasteiger partial charge is 0.338 e. The molecule has 0 amide bonds. The molecule has 5 heteroatoms. The highest BCUT2D eigenvalue weighted by Gasteiger charge is 2.52. The monoisotopic (exact) mass is 602 g/mol. The lowest BCUT2D eigenvalue weighted by Gasteiger charge is -2.57. The van der Waals surface area contributed by atoms with Crippen LogP contribution in [0.2, 0.25) is 0 Å². The summed E-state index contributed by atoms with van der Waals surface area (Å²) in [5.74, 6) is 2.67. The van der Waals surface area contributed by atoms with Crippen molar-refractivity contribution < 1.29 is 23.7 Å². The molecular weight excluding hydrogens is 560 g/mol. The molecule has 0 N–H and O–H groups in total. The van der Waals surface area contributed by atoms with Crippen molar-refractivity contribution in [3.05, 3.63) is 102 Å². The fourth-order valence-corrected chi connectivity index (χ4v) is 9.08. The van der Waals surface area contributed by atoms with Crippen LogP contribution < -0.4 is 4.74 Å². The van der Waals surface area contributed by atoms with E-state index >= 15 is 0 Å². The van der Waals surface area contributed by atoms with Gasteiger partial charge in [0.2, 0.25) is 0 Å². The Bertz CT molecular complexity index is 1690. The van der Waals surface area contributed by atoms with Crippen LogP contribution in [0.1, 0.15) is 73.9 Å². The van der Waals surface area contributed by atoms with Gasteiger partial charge in [0, 0.05) is 5.56 Å². The Hall–Kier alpha value is -3.67. The van der Waals surface area contributed by atoms with Crippen LogP contribution in [0.5, 0.6) is 5.75 Å². The average Bonchev–Trinajstić information content (AvgIpc) is 3.40. The maximum Gasteiger partial charge on any atom is 0.338 e. The first-order chi connectivity index (χ1) is 21.8. The minimum Gasteiger partial charge on any atom is -0.490 e. The van der Waals surface area contributed by atoms with Crippen LogP contribution in [0.15, 0.2) is 84.9 Å². The summed E-state index contributed by atoms with van der Waals surface area (Å²) < 4.78 is 24.1. The van der Waals surface area contributed by atoms with Crippen molar-refractivity contribution in [1.29, 1.82) is 0 Å². The maximum atomic E-state index is 12.8. The summed E-state index contributed by atoms with van der Waals surface area (Å²) in [4.78, 5) is 12.8. The Morgan fingerprint density at radius 3 is 2.18 bits per heavy atom. The van der Waals surface area contributed by atoms with Crippen molar-refractivity contribution in [2.45, 2.75) is 76.3 Å². The molecule has 1 atom stereocenters. The summed E-state index contributed by atoms with van der Waals surface area (Å²) >= 11 is 0. The minimum atomic E-state index is -0.556. The van der Waals surface area contributed by atoms with E-state index in [0.29, 0.717) is 18.8 Å². The minimum absolute atomic E-state index is 0.0649. The van der Waals surface area contributed by atoms with Crippen LogP contribution in [0.3, 0.4) is 0 Å². The zero-order chi connectivity index (χ0) is 30.6. The molecule has 1 heterocycles. The molecule has 0 spiro atoms. The van der Waals surface area contributed by atoms with E-state index in [2.05, 4.69) is 36.4 Å². The van der Waals surface area contributed by atoms with Crippen LogP contribution in [-0.2, 0) is 26.2 Å². The molecule has 4 aromatic carbocycles. The molecule has 5 nitrogen and oxygen atoms in total. The second-order valence-electron chi connectivity index (χ2n) is 14.5. The number of esters is 1. The van der Waals surface area contributed by atoms with E-state index in [9.17, 15) is 4.79 Å². The Labute approximate surface area is 265 Å². The summed E-state index contributed by atoms with van der Waals surface area (Å²) in [5.41, 5.74) is 5.51. The number of fused-ring (bicyclic) bond motifs is 1. The Kier molecular flexibility index (Phi) is 7.22. The molecule has 4 saturated carbocycles. The first kappa shape index (κ1) is 28.8. The number of carbonyl (C=O) groups excluding carboxylic acids is 1. The molecule has 0 unspecified atom stereocenters. The summed E-state index contributed by atoms with van der Waals surface area (Å²) in [6.45, 7) is 5.24. The average molecular weight is 603 g/mol. The van der Waals surface area contributed by atoms with Crippen molar-refractivity contribution >= 4 is 16.7 Å². The van der Waals surface area contributed by atoms with Crippen LogP contribution in [0.4, 0.5) is 0 Å². The number of ether oxygens (including phenoxy) is 4. The van der Waals surface area contributed by atoms with Crippen LogP contribution >= 0.6 is 0 Å². The predicted molar refractivity (Wildman–Crippen MR) is 175 cm³/mol. The first-order valence-electron chi connectivity index (χ1n) is 16.7. The summed E-state index contributed by atoms with van der Waals surface area (Å²) in [5, 5.41) is 2.13. The van der Waals surface area contributed by atoms with Crippen LogP contribution in [-0.4, -0.2) is 31.1 Å². The largest absolute Gasteiger partial charge is 0.490 e. The van der Waals surface area contributed by atoms with Crippen molar-refractivity contribution in [2.24, 2.45) is 17.8 Å². The first-order valence-corrected chi connectivity index (χ1v) is 16.7. The zero-order valence-electron chi connectivity index (χ0n) is 26.3. The molecule has 0 aromatic heterocycles. The van der Waals surface area contributed by atoms with E-state index in [4.69, 9.17) is 18.9 Å². The normalized spacial score (nSPS) is 28.0. The second-order valence-corrected chi connectivity index (χ2v) is 14.5. The number of hydrogen-bond acceptors (Lipinski definition) is 5. The van der Waals surface area contributed by atoms with Gasteiger partial charge in [0.15, 0.2) is 5.79 Å². The number of rotatable bonds is 8. The third kappa shape index (κ3) is 5.77. The van der Waals surface area contributed by atoms with E-state index in [0.717, 1.165) is 39.8 Å².